The fraction of sp³-hybridized carbons (Fsp3) is 0.818. The summed E-state index contributed by atoms with van der Waals surface area (Å²) in [7, 11) is 1.65. The van der Waals surface area contributed by atoms with Crippen LogP contribution >= 0.6 is 11.6 Å². The zero-order valence-corrected chi connectivity index (χ0v) is 11.8. The molecule has 1 aliphatic heterocycles. The van der Waals surface area contributed by atoms with Crippen molar-refractivity contribution < 1.29 is 14.6 Å². The molecule has 0 radical (unpaired) electrons. The highest BCUT2D eigenvalue weighted by Crippen LogP contribution is 2.44. The second kappa shape index (κ2) is 5.17. The van der Waals surface area contributed by atoms with Gasteiger partial charge in [-0.05, 0) is 13.1 Å². The molecule has 0 amide bonds. The van der Waals surface area contributed by atoms with Crippen LogP contribution in [0.25, 0.3) is 0 Å². The Morgan fingerprint density at radius 2 is 2.10 bits per heavy atom. The van der Waals surface area contributed by atoms with Crippen LogP contribution in [0.15, 0.2) is 11.8 Å². The van der Waals surface area contributed by atoms with Gasteiger partial charge in [0.25, 0.3) is 5.54 Å². The number of nitrogens with zero attached hydrogens (tertiary/aromatic N) is 3. The molecule has 0 spiro atoms. The quantitative estimate of drug-likeness (QED) is 0.425. The number of rotatable bonds is 5. The van der Waals surface area contributed by atoms with E-state index in [1.165, 1.54) is 6.08 Å². The summed E-state index contributed by atoms with van der Waals surface area (Å²) in [4.78, 5) is 23.7. The number of alkyl halides is 1. The van der Waals surface area contributed by atoms with E-state index in [2.05, 4.69) is 0 Å². The SMILES string of the molecule is CN1C[C@@]2([N+](=O)[O-])CC=C(OCCCl)[C@@]([N+](=O)[O-])(C1)C2. The van der Waals surface area contributed by atoms with E-state index in [0.29, 0.717) is 0 Å². The molecular formula is C11H16ClN3O5. The van der Waals surface area contributed by atoms with Gasteiger partial charge in [-0.2, -0.15) is 0 Å². The van der Waals surface area contributed by atoms with Crippen molar-refractivity contribution in [2.75, 3.05) is 32.6 Å². The summed E-state index contributed by atoms with van der Waals surface area (Å²) in [6.45, 7) is 0.455. The van der Waals surface area contributed by atoms with E-state index >= 15 is 0 Å². The van der Waals surface area contributed by atoms with Crippen molar-refractivity contribution in [1.82, 2.24) is 4.90 Å². The lowest BCUT2D eigenvalue weighted by molar-refractivity contribution is -0.623. The maximum absolute atomic E-state index is 11.6. The van der Waals surface area contributed by atoms with Crippen molar-refractivity contribution in [2.45, 2.75) is 23.9 Å². The first kappa shape index (κ1) is 15.0. The Morgan fingerprint density at radius 1 is 1.40 bits per heavy atom. The third-order valence-electron chi connectivity index (χ3n) is 3.91. The Balaban J connectivity index is 2.44. The molecule has 1 aliphatic carbocycles. The van der Waals surface area contributed by atoms with Crippen molar-refractivity contribution >= 4 is 11.6 Å². The van der Waals surface area contributed by atoms with Crippen LogP contribution in [0.5, 0.6) is 0 Å². The van der Waals surface area contributed by atoms with Crippen LogP contribution in [-0.2, 0) is 4.74 Å². The first-order valence-corrected chi connectivity index (χ1v) is 6.77. The molecule has 8 nitrogen and oxygen atoms in total. The van der Waals surface area contributed by atoms with Gasteiger partial charge in [-0.25, -0.2) is 0 Å². The second-order valence-electron chi connectivity index (χ2n) is 5.43. The summed E-state index contributed by atoms with van der Waals surface area (Å²) in [5.74, 6) is 0.411. The molecule has 2 atom stereocenters. The van der Waals surface area contributed by atoms with Gasteiger partial charge in [0.15, 0.2) is 5.76 Å². The summed E-state index contributed by atoms with van der Waals surface area (Å²) < 4.78 is 5.39. The van der Waals surface area contributed by atoms with E-state index in [-0.39, 0.29) is 44.2 Å². The zero-order chi connectivity index (χ0) is 15.0. The number of piperidine rings is 1. The second-order valence-corrected chi connectivity index (χ2v) is 5.81. The van der Waals surface area contributed by atoms with E-state index in [1.54, 1.807) is 11.9 Å². The average molecular weight is 306 g/mol. The van der Waals surface area contributed by atoms with Crippen molar-refractivity contribution in [3.05, 3.63) is 32.1 Å². The predicted octanol–water partition coefficient (Wildman–Crippen LogP) is 0.896. The van der Waals surface area contributed by atoms with Crippen LogP contribution < -0.4 is 0 Å². The van der Waals surface area contributed by atoms with E-state index in [1.807, 2.05) is 0 Å². The van der Waals surface area contributed by atoms with E-state index in [0.717, 1.165) is 0 Å². The molecule has 112 valence electrons. The van der Waals surface area contributed by atoms with Crippen LogP contribution in [0, 0.1) is 20.2 Å². The Morgan fingerprint density at radius 3 is 2.65 bits per heavy atom. The molecule has 1 saturated heterocycles. The lowest BCUT2D eigenvalue weighted by atomic mass is 9.71. The molecule has 0 N–H and O–H groups in total. The van der Waals surface area contributed by atoms with Crippen LogP contribution in [0.4, 0.5) is 0 Å². The molecule has 2 aliphatic rings. The highest BCUT2D eigenvalue weighted by Gasteiger charge is 2.66. The Hall–Kier alpha value is -1.41. The van der Waals surface area contributed by atoms with E-state index in [9.17, 15) is 20.2 Å². The average Bonchev–Trinajstić information content (AvgIpc) is 2.37. The lowest BCUT2D eigenvalue weighted by Crippen LogP contribution is -2.66. The third-order valence-corrected chi connectivity index (χ3v) is 4.07. The van der Waals surface area contributed by atoms with Gasteiger partial charge in [-0.15, -0.1) is 11.6 Å². The molecule has 0 aromatic carbocycles. The highest BCUT2D eigenvalue weighted by molar-refractivity contribution is 6.17. The molecular weight excluding hydrogens is 290 g/mol. The van der Waals surface area contributed by atoms with Crippen molar-refractivity contribution in [3.63, 3.8) is 0 Å². The number of halogens is 1. The van der Waals surface area contributed by atoms with Gasteiger partial charge in [0.1, 0.15) is 6.61 Å². The normalized spacial score (nSPS) is 33.4. The summed E-state index contributed by atoms with van der Waals surface area (Å²) in [5, 5.41) is 23.0. The Kier molecular flexibility index (Phi) is 3.88. The first-order chi connectivity index (χ1) is 9.36. The van der Waals surface area contributed by atoms with E-state index < -0.39 is 20.9 Å². The summed E-state index contributed by atoms with van der Waals surface area (Å²) in [5.41, 5.74) is -2.86. The van der Waals surface area contributed by atoms with Crippen molar-refractivity contribution in [1.29, 1.82) is 0 Å². The Labute approximate surface area is 120 Å². The van der Waals surface area contributed by atoms with Gasteiger partial charge < -0.3 is 4.74 Å². The lowest BCUT2D eigenvalue weighted by Gasteiger charge is -2.44. The molecule has 20 heavy (non-hydrogen) atoms. The zero-order valence-electron chi connectivity index (χ0n) is 11.1. The highest BCUT2D eigenvalue weighted by atomic mass is 35.5. The van der Waals surface area contributed by atoms with Crippen molar-refractivity contribution in [3.8, 4) is 0 Å². The number of hydrogen-bond acceptors (Lipinski definition) is 6. The molecule has 2 bridgehead atoms. The van der Waals surface area contributed by atoms with Crippen LogP contribution in [0.3, 0.4) is 0 Å². The molecule has 0 aromatic heterocycles. The molecule has 9 heteroatoms. The molecule has 0 unspecified atom stereocenters. The fourth-order valence-electron chi connectivity index (χ4n) is 3.19. The fourth-order valence-corrected chi connectivity index (χ4v) is 3.26. The van der Waals surface area contributed by atoms with Crippen LogP contribution in [-0.4, -0.2) is 58.4 Å². The maximum atomic E-state index is 11.6. The largest absolute Gasteiger partial charge is 0.489 e. The minimum absolute atomic E-state index is 0.101. The number of likely N-dealkylation sites (tertiary alicyclic amines) is 1. The van der Waals surface area contributed by atoms with Gasteiger partial charge in [0, 0.05) is 16.3 Å². The number of nitro groups is 2. The summed E-state index contributed by atoms with van der Waals surface area (Å²) >= 11 is 5.55. The number of likely N-dealkylation sites (N-methyl/N-ethyl adjacent to an activating group) is 1. The first-order valence-electron chi connectivity index (χ1n) is 6.23. The van der Waals surface area contributed by atoms with Crippen molar-refractivity contribution in [2.24, 2.45) is 0 Å². The van der Waals surface area contributed by atoms with Gasteiger partial charge in [-0.3, -0.25) is 25.1 Å². The van der Waals surface area contributed by atoms with Crippen LogP contribution in [0.2, 0.25) is 0 Å². The summed E-state index contributed by atoms with van der Waals surface area (Å²) in [6, 6.07) is 0. The van der Waals surface area contributed by atoms with Gasteiger partial charge in [0.2, 0.25) is 5.54 Å². The Bertz CT molecular complexity index is 471. The van der Waals surface area contributed by atoms with E-state index in [4.69, 9.17) is 16.3 Å². The smallest absolute Gasteiger partial charge is 0.296 e. The molecule has 0 aromatic rings. The maximum Gasteiger partial charge on any atom is 0.296 e. The molecule has 1 fully saturated rings. The number of hydrogen-bond donors (Lipinski definition) is 0. The van der Waals surface area contributed by atoms with Gasteiger partial charge >= 0.3 is 0 Å². The summed E-state index contributed by atoms with van der Waals surface area (Å²) in [6.07, 6.45) is 1.49. The van der Waals surface area contributed by atoms with Crippen LogP contribution in [0.1, 0.15) is 12.8 Å². The topological polar surface area (TPSA) is 98.8 Å². The third kappa shape index (κ3) is 2.22. The minimum Gasteiger partial charge on any atom is -0.489 e. The monoisotopic (exact) mass is 305 g/mol. The van der Waals surface area contributed by atoms with Gasteiger partial charge in [-0.1, -0.05) is 0 Å². The van der Waals surface area contributed by atoms with Gasteiger partial charge in [0.05, 0.1) is 25.4 Å². The molecule has 2 rings (SSSR count). The number of ether oxygens (including phenoxy) is 1. The molecule has 1 heterocycles. The minimum atomic E-state index is -1.55. The molecule has 0 saturated carbocycles. The number of fused-ring (bicyclic) bond motifs is 2. The predicted molar refractivity (Wildman–Crippen MR) is 70.9 cm³/mol. The standard InChI is InChI=1S/C11H16ClN3O5/c1-13-7-10(14(16)17)3-2-9(20-5-4-12)11(6-10,8-13)15(18)19/h2H,3-8H2,1H3/t10-,11+/m1/s1.